The molecule has 0 bridgehead atoms. The first-order valence-electron chi connectivity index (χ1n) is 14.6. The molecule has 0 radical (unpaired) electrons. The summed E-state index contributed by atoms with van der Waals surface area (Å²) in [5.74, 6) is -0.568. The maximum Gasteiger partial charge on any atom is 0.323 e. The molecular formula is C34H41N3O3S. The fraction of sp³-hybridized carbons (Fsp3) is 0.353. The van der Waals surface area contributed by atoms with Crippen molar-refractivity contribution in [2.24, 2.45) is 0 Å². The van der Waals surface area contributed by atoms with Crippen LogP contribution in [-0.2, 0) is 4.79 Å². The van der Waals surface area contributed by atoms with Gasteiger partial charge in [0, 0.05) is 16.1 Å². The van der Waals surface area contributed by atoms with Crippen molar-refractivity contribution in [2.45, 2.75) is 57.8 Å². The van der Waals surface area contributed by atoms with Gasteiger partial charge < -0.3 is 20.6 Å². The molecule has 1 atom stereocenters. The van der Waals surface area contributed by atoms with Gasteiger partial charge in [0.25, 0.3) is 0 Å². The number of amides is 2. The number of anilines is 2. The third-order valence-electron chi connectivity index (χ3n) is 7.67. The summed E-state index contributed by atoms with van der Waals surface area (Å²) in [6, 6.07) is 24.8. The van der Waals surface area contributed by atoms with Crippen LogP contribution in [0.3, 0.4) is 0 Å². The van der Waals surface area contributed by atoms with Crippen molar-refractivity contribution in [3.63, 3.8) is 0 Å². The minimum absolute atomic E-state index is 0.210. The number of piperidine rings is 1. The van der Waals surface area contributed by atoms with E-state index in [4.69, 9.17) is 5.11 Å². The van der Waals surface area contributed by atoms with Crippen molar-refractivity contribution in [2.75, 3.05) is 30.3 Å². The van der Waals surface area contributed by atoms with Crippen molar-refractivity contribution in [3.05, 3.63) is 95.4 Å². The molecular weight excluding hydrogens is 530 g/mol. The molecule has 1 aliphatic heterocycles. The summed E-state index contributed by atoms with van der Waals surface area (Å²) in [5, 5.41) is 18.1. The lowest BCUT2D eigenvalue weighted by atomic mass is 9.89. The summed E-state index contributed by atoms with van der Waals surface area (Å²) in [7, 11) is 0. The van der Waals surface area contributed by atoms with Gasteiger partial charge in [-0.05, 0) is 104 Å². The number of hydrogen-bond acceptors (Lipinski definition) is 4. The number of likely N-dealkylation sites (tertiary alicyclic amines) is 1. The second kappa shape index (κ2) is 15.4. The summed E-state index contributed by atoms with van der Waals surface area (Å²) in [6.45, 7) is 7.59. The third kappa shape index (κ3) is 8.90. The number of unbranched alkanes of at least 4 members (excludes halogenated alkanes) is 2. The minimum atomic E-state index is -0.781. The SMILES string of the molecule is CC(C(=O)O)c1ccccc1.CCCCCN1CCC(c2csc3ccc(NC(=O)Nc4ccccc4)cc23)CC1. The number of fused-ring (bicyclic) bond motifs is 1. The quantitative estimate of drug-likeness (QED) is 0.175. The van der Waals surface area contributed by atoms with Crippen LogP contribution in [0.5, 0.6) is 0 Å². The van der Waals surface area contributed by atoms with Crippen LogP contribution in [0.4, 0.5) is 16.2 Å². The summed E-state index contributed by atoms with van der Waals surface area (Å²) >= 11 is 1.81. The summed E-state index contributed by atoms with van der Waals surface area (Å²) in [4.78, 5) is 25.5. The molecule has 0 spiro atoms. The smallest absolute Gasteiger partial charge is 0.323 e. The molecule has 41 heavy (non-hydrogen) atoms. The van der Waals surface area contributed by atoms with E-state index in [1.165, 1.54) is 67.4 Å². The highest BCUT2D eigenvalue weighted by Gasteiger charge is 2.23. The Morgan fingerprint density at radius 1 is 0.927 bits per heavy atom. The number of thiophene rings is 1. The number of nitrogens with zero attached hydrogens (tertiary/aromatic N) is 1. The molecule has 1 aromatic heterocycles. The predicted molar refractivity (Wildman–Crippen MR) is 171 cm³/mol. The third-order valence-corrected chi connectivity index (χ3v) is 8.65. The van der Waals surface area contributed by atoms with Gasteiger partial charge >= 0.3 is 12.0 Å². The van der Waals surface area contributed by atoms with Crippen LogP contribution in [0.25, 0.3) is 10.1 Å². The lowest BCUT2D eigenvalue weighted by Gasteiger charge is -2.32. The Labute approximate surface area is 247 Å². The number of urea groups is 1. The molecule has 2 heterocycles. The first-order chi connectivity index (χ1) is 19.9. The summed E-state index contributed by atoms with van der Waals surface area (Å²) in [5.41, 5.74) is 3.93. The zero-order valence-electron chi connectivity index (χ0n) is 24.0. The van der Waals surface area contributed by atoms with Crippen molar-refractivity contribution >= 4 is 44.8 Å². The van der Waals surface area contributed by atoms with Crippen LogP contribution in [0.1, 0.15) is 68.9 Å². The number of carbonyl (C=O) groups is 2. The zero-order valence-corrected chi connectivity index (χ0v) is 24.8. The Kier molecular flexibility index (Phi) is 11.3. The molecule has 7 heteroatoms. The van der Waals surface area contributed by atoms with Gasteiger partial charge in [0.2, 0.25) is 0 Å². The summed E-state index contributed by atoms with van der Waals surface area (Å²) in [6.07, 6.45) is 6.40. The molecule has 6 nitrogen and oxygen atoms in total. The van der Waals surface area contributed by atoms with Crippen LogP contribution >= 0.6 is 11.3 Å². The van der Waals surface area contributed by atoms with Crippen LogP contribution < -0.4 is 10.6 Å². The Hall–Kier alpha value is -3.68. The Morgan fingerprint density at radius 3 is 2.24 bits per heavy atom. The summed E-state index contributed by atoms with van der Waals surface area (Å²) < 4.78 is 1.30. The number of carbonyl (C=O) groups excluding carboxylic acids is 1. The standard InChI is InChI=1S/C25H31N3OS.C9H10O2/c1-2-3-7-14-28-15-12-19(13-16-28)23-18-30-24-11-10-21(17-22(23)24)27-25(29)26-20-8-5-4-6-9-20;1-7(9(10)11)8-5-3-2-4-6-8/h4-6,8-11,17-19H,2-3,7,12-16H2,1H3,(H2,26,27,29);2-7H,1H3,(H,10,11). The van der Waals surface area contributed by atoms with E-state index in [1.807, 2.05) is 78.1 Å². The Balaban J connectivity index is 0.000000296. The maximum atomic E-state index is 12.4. The van der Waals surface area contributed by atoms with Crippen molar-refractivity contribution in [3.8, 4) is 0 Å². The van der Waals surface area contributed by atoms with Gasteiger partial charge in [-0.15, -0.1) is 11.3 Å². The highest BCUT2D eigenvalue weighted by molar-refractivity contribution is 7.17. The molecule has 1 aliphatic rings. The number of para-hydroxylation sites is 1. The number of benzene rings is 3. The normalized spacial score (nSPS) is 14.6. The fourth-order valence-electron chi connectivity index (χ4n) is 5.19. The van der Waals surface area contributed by atoms with Gasteiger partial charge in [-0.1, -0.05) is 68.3 Å². The van der Waals surface area contributed by atoms with E-state index in [2.05, 4.69) is 40.0 Å². The van der Waals surface area contributed by atoms with E-state index in [-0.39, 0.29) is 6.03 Å². The second-order valence-electron chi connectivity index (χ2n) is 10.6. The maximum absolute atomic E-state index is 12.4. The minimum Gasteiger partial charge on any atom is -0.481 e. The van der Waals surface area contributed by atoms with Gasteiger partial charge in [-0.25, -0.2) is 4.79 Å². The number of nitrogens with one attached hydrogen (secondary N) is 2. The molecule has 5 rings (SSSR count). The number of rotatable bonds is 9. The Bertz CT molecular complexity index is 1380. The van der Waals surface area contributed by atoms with E-state index >= 15 is 0 Å². The number of aliphatic carboxylic acids is 1. The first kappa shape index (κ1) is 30.3. The number of carboxylic acid groups (broad SMARTS) is 1. The first-order valence-corrected chi connectivity index (χ1v) is 15.5. The molecule has 3 aromatic carbocycles. The van der Waals surface area contributed by atoms with Gasteiger partial charge in [-0.2, -0.15) is 0 Å². The van der Waals surface area contributed by atoms with Crippen LogP contribution in [0.15, 0.2) is 84.2 Å². The highest BCUT2D eigenvalue weighted by Crippen LogP contribution is 2.38. The van der Waals surface area contributed by atoms with Crippen LogP contribution in [0, 0.1) is 0 Å². The molecule has 0 saturated carbocycles. The van der Waals surface area contributed by atoms with E-state index in [1.54, 1.807) is 6.92 Å². The van der Waals surface area contributed by atoms with Gasteiger partial charge in [0.05, 0.1) is 5.92 Å². The molecule has 4 aromatic rings. The molecule has 1 fully saturated rings. The van der Waals surface area contributed by atoms with Crippen molar-refractivity contribution in [1.82, 2.24) is 4.90 Å². The van der Waals surface area contributed by atoms with E-state index in [0.717, 1.165) is 16.9 Å². The molecule has 216 valence electrons. The predicted octanol–water partition coefficient (Wildman–Crippen LogP) is 8.79. The molecule has 1 unspecified atom stereocenters. The topological polar surface area (TPSA) is 81.7 Å². The van der Waals surface area contributed by atoms with Crippen molar-refractivity contribution in [1.29, 1.82) is 0 Å². The van der Waals surface area contributed by atoms with E-state index < -0.39 is 11.9 Å². The monoisotopic (exact) mass is 571 g/mol. The van der Waals surface area contributed by atoms with Gasteiger partial charge in [0.15, 0.2) is 0 Å². The van der Waals surface area contributed by atoms with Crippen LogP contribution in [-0.4, -0.2) is 41.6 Å². The molecule has 1 saturated heterocycles. The van der Waals surface area contributed by atoms with E-state index in [9.17, 15) is 9.59 Å². The second-order valence-corrected chi connectivity index (χ2v) is 11.6. The molecule has 0 aliphatic carbocycles. The Morgan fingerprint density at radius 2 is 1.59 bits per heavy atom. The zero-order chi connectivity index (χ0) is 29.0. The van der Waals surface area contributed by atoms with E-state index in [0.29, 0.717) is 5.92 Å². The molecule has 2 amide bonds. The number of carboxylic acids is 1. The van der Waals surface area contributed by atoms with Crippen molar-refractivity contribution < 1.29 is 14.7 Å². The fourth-order valence-corrected chi connectivity index (χ4v) is 6.22. The average molecular weight is 572 g/mol. The largest absolute Gasteiger partial charge is 0.481 e. The van der Waals surface area contributed by atoms with Gasteiger partial charge in [0.1, 0.15) is 0 Å². The molecule has 3 N–H and O–H groups in total. The van der Waals surface area contributed by atoms with Crippen LogP contribution in [0.2, 0.25) is 0 Å². The highest BCUT2D eigenvalue weighted by atomic mass is 32.1. The number of hydrogen-bond donors (Lipinski definition) is 3. The average Bonchev–Trinajstić information content (AvgIpc) is 3.42. The lowest BCUT2D eigenvalue weighted by Crippen LogP contribution is -2.33. The lowest BCUT2D eigenvalue weighted by molar-refractivity contribution is -0.138. The van der Waals surface area contributed by atoms with Gasteiger partial charge in [-0.3, -0.25) is 4.79 Å².